The second-order valence-electron chi connectivity index (χ2n) is 5.95. The van der Waals surface area contributed by atoms with Crippen molar-refractivity contribution in [3.05, 3.63) is 82.0 Å². The maximum Gasteiger partial charge on any atom is 0.181 e. The average Bonchev–Trinajstić information content (AvgIpc) is 3.00. The predicted octanol–water partition coefficient (Wildman–Crippen LogP) is 5.34. The monoisotopic (exact) mass is 383 g/mol. The molecule has 0 N–H and O–H groups in total. The summed E-state index contributed by atoms with van der Waals surface area (Å²) in [6.07, 6.45) is 1.72. The normalized spacial score (nSPS) is 11.0. The van der Waals surface area contributed by atoms with E-state index in [1.165, 1.54) is 5.56 Å². The predicted molar refractivity (Wildman–Crippen MR) is 104 cm³/mol. The van der Waals surface area contributed by atoms with Crippen LogP contribution in [0.2, 0.25) is 10.0 Å². The fourth-order valence-corrected chi connectivity index (χ4v) is 3.14. The molecule has 2 aromatic heterocycles. The molecular weight excluding hydrogens is 369 g/mol. The van der Waals surface area contributed by atoms with Crippen molar-refractivity contribution < 1.29 is 4.84 Å². The van der Waals surface area contributed by atoms with Crippen molar-refractivity contribution in [1.29, 1.82) is 0 Å². The molecule has 6 heteroatoms. The fraction of sp³-hybridized carbons (Fsp3) is 0.100. The summed E-state index contributed by atoms with van der Waals surface area (Å²) in [4.78, 5) is 15.0. The molecule has 0 radical (unpaired) electrons. The molecule has 4 nitrogen and oxygen atoms in total. The Morgan fingerprint density at radius 3 is 2.62 bits per heavy atom. The summed E-state index contributed by atoms with van der Waals surface area (Å²) >= 11 is 12.2. The molecule has 0 amide bonds. The number of aromatic nitrogens is 3. The lowest BCUT2D eigenvalue weighted by Gasteiger charge is -2.12. The van der Waals surface area contributed by atoms with Crippen molar-refractivity contribution in [2.45, 2.75) is 13.5 Å². The first-order valence-corrected chi connectivity index (χ1v) is 8.85. The van der Waals surface area contributed by atoms with Gasteiger partial charge in [-0.15, -0.1) is 0 Å². The van der Waals surface area contributed by atoms with Gasteiger partial charge in [0.1, 0.15) is 12.1 Å². The zero-order chi connectivity index (χ0) is 18.1. The van der Waals surface area contributed by atoms with Crippen molar-refractivity contribution in [1.82, 2.24) is 14.7 Å². The SMILES string of the molecule is Cc1ccc(-c2nc3ncccc3n2OCc2ccc(Cl)cc2Cl)cc1. The molecule has 0 saturated heterocycles. The number of hydrogen-bond acceptors (Lipinski definition) is 3. The molecule has 26 heavy (non-hydrogen) atoms. The first kappa shape index (κ1) is 16.9. The summed E-state index contributed by atoms with van der Waals surface area (Å²) in [5.41, 5.74) is 4.41. The Balaban J connectivity index is 1.75. The Bertz CT molecular complexity index is 1070. The lowest BCUT2D eigenvalue weighted by molar-refractivity contribution is 0.110. The van der Waals surface area contributed by atoms with Gasteiger partial charge in [0.05, 0.1) is 0 Å². The lowest BCUT2D eigenvalue weighted by atomic mass is 10.1. The first-order valence-electron chi connectivity index (χ1n) is 8.09. The largest absolute Gasteiger partial charge is 0.407 e. The van der Waals surface area contributed by atoms with Crippen LogP contribution in [0, 0.1) is 6.92 Å². The van der Waals surface area contributed by atoms with E-state index in [0.29, 0.717) is 21.5 Å². The third kappa shape index (κ3) is 3.26. The van der Waals surface area contributed by atoms with E-state index in [0.717, 1.165) is 16.6 Å². The Hall–Kier alpha value is -2.56. The minimum absolute atomic E-state index is 0.287. The second kappa shape index (κ2) is 6.98. The molecule has 0 spiro atoms. The molecule has 2 heterocycles. The molecule has 0 aliphatic carbocycles. The van der Waals surface area contributed by atoms with Crippen molar-refractivity contribution in [3.8, 4) is 11.4 Å². The summed E-state index contributed by atoms with van der Waals surface area (Å²) in [6, 6.07) is 17.3. The van der Waals surface area contributed by atoms with Crippen LogP contribution >= 0.6 is 23.2 Å². The van der Waals surface area contributed by atoms with Gasteiger partial charge >= 0.3 is 0 Å². The number of benzene rings is 2. The lowest BCUT2D eigenvalue weighted by Crippen LogP contribution is -2.13. The Morgan fingerprint density at radius 1 is 1.04 bits per heavy atom. The molecule has 0 bridgehead atoms. The molecule has 0 aliphatic rings. The molecule has 4 aromatic rings. The van der Waals surface area contributed by atoms with Crippen LogP contribution in [-0.4, -0.2) is 14.7 Å². The van der Waals surface area contributed by atoms with E-state index >= 15 is 0 Å². The number of imidazole rings is 1. The highest BCUT2D eigenvalue weighted by Crippen LogP contribution is 2.25. The van der Waals surface area contributed by atoms with E-state index in [1.807, 2.05) is 49.4 Å². The summed E-state index contributed by atoms with van der Waals surface area (Å²) in [5, 5.41) is 1.16. The summed E-state index contributed by atoms with van der Waals surface area (Å²) in [7, 11) is 0. The van der Waals surface area contributed by atoms with E-state index < -0.39 is 0 Å². The molecule has 4 rings (SSSR count). The Labute approximate surface area is 160 Å². The number of fused-ring (bicyclic) bond motifs is 1. The van der Waals surface area contributed by atoms with Crippen LogP contribution in [0.4, 0.5) is 0 Å². The molecule has 130 valence electrons. The zero-order valence-corrected chi connectivity index (χ0v) is 15.5. The number of hydrogen-bond donors (Lipinski definition) is 0. The topological polar surface area (TPSA) is 39.9 Å². The maximum atomic E-state index is 6.26. The van der Waals surface area contributed by atoms with Gasteiger partial charge in [-0.2, -0.15) is 4.73 Å². The number of aryl methyl sites for hydroxylation is 1. The van der Waals surface area contributed by atoms with Crippen LogP contribution in [0.1, 0.15) is 11.1 Å². The van der Waals surface area contributed by atoms with Gasteiger partial charge in [0.25, 0.3) is 0 Å². The van der Waals surface area contributed by atoms with E-state index in [2.05, 4.69) is 9.97 Å². The molecule has 2 aromatic carbocycles. The van der Waals surface area contributed by atoms with Gasteiger partial charge in [0.2, 0.25) is 0 Å². The van der Waals surface area contributed by atoms with E-state index in [9.17, 15) is 0 Å². The summed E-state index contributed by atoms with van der Waals surface area (Å²) in [6.45, 7) is 2.34. The van der Waals surface area contributed by atoms with Crippen LogP contribution < -0.4 is 4.84 Å². The van der Waals surface area contributed by atoms with Crippen molar-refractivity contribution in [2.75, 3.05) is 0 Å². The molecule has 0 fully saturated rings. The number of pyridine rings is 1. The zero-order valence-electron chi connectivity index (χ0n) is 14.0. The van der Waals surface area contributed by atoms with Crippen molar-refractivity contribution >= 4 is 34.4 Å². The van der Waals surface area contributed by atoms with Gasteiger partial charge in [-0.1, -0.05) is 59.1 Å². The van der Waals surface area contributed by atoms with Gasteiger partial charge < -0.3 is 4.84 Å². The number of nitrogens with zero attached hydrogens (tertiary/aromatic N) is 3. The minimum Gasteiger partial charge on any atom is -0.407 e. The van der Waals surface area contributed by atoms with Crippen LogP contribution in [-0.2, 0) is 6.61 Å². The van der Waals surface area contributed by atoms with Gasteiger partial charge in [-0.3, -0.25) is 0 Å². The molecular formula is C20H15Cl2N3O. The fourth-order valence-electron chi connectivity index (χ4n) is 2.68. The number of rotatable bonds is 4. The maximum absolute atomic E-state index is 6.26. The second-order valence-corrected chi connectivity index (χ2v) is 6.79. The minimum atomic E-state index is 0.287. The van der Waals surface area contributed by atoms with E-state index in [4.69, 9.17) is 28.0 Å². The molecule has 0 unspecified atom stereocenters. The van der Waals surface area contributed by atoms with Crippen LogP contribution in [0.25, 0.3) is 22.6 Å². The summed E-state index contributed by atoms with van der Waals surface area (Å²) in [5.74, 6) is 0.698. The van der Waals surface area contributed by atoms with Gasteiger partial charge in [-0.25, -0.2) is 9.97 Å². The summed E-state index contributed by atoms with van der Waals surface area (Å²) < 4.78 is 1.71. The first-order chi connectivity index (χ1) is 12.6. The third-order valence-corrected chi connectivity index (χ3v) is 4.65. The quantitative estimate of drug-likeness (QED) is 0.477. The van der Waals surface area contributed by atoms with Gasteiger partial charge in [0, 0.05) is 27.4 Å². The molecule has 0 aliphatic heterocycles. The van der Waals surface area contributed by atoms with E-state index in [1.54, 1.807) is 23.1 Å². The highest BCUT2D eigenvalue weighted by Gasteiger charge is 2.15. The standard InChI is InChI=1S/C20H15Cl2N3O/c1-13-4-6-14(7-5-13)20-24-19-18(3-2-10-23-19)25(20)26-12-15-8-9-16(21)11-17(15)22/h2-11H,12H2,1H3. The third-order valence-electron chi connectivity index (χ3n) is 4.06. The van der Waals surface area contributed by atoms with E-state index in [-0.39, 0.29) is 6.61 Å². The number of halogens is 2. The van der Waals surface area contributed by atoms with Crippen LogP contribution in [0.5, 0.6) is 0 Å². The van der Waals surface area contributed by atoms with Crippen molar-refractivity contribution in [3.63, 3.8) is 0 Å². The average molecular weight is 384 g/mol. The van der Waals surface area contributed by atoms with Crippen molar-refractivity contribution in [2.24, 2.45) is 0 Å². The smallest absolute Gasteiger partial charge is 0.181 e. The molecule has 0 atom stereocenters. The van der Waals surface area contributed by atoms with Gasteiger partial charge in [-0.05, 0) is 31.2 Å². The van der Waals surface area contributed by atoms with Crippen LogP contribution in [0.15, 0.2) is 60.8 Å². The highest BCUT2D eigenvalue weighted by molar-refractivity contribution is 6.35. The Kier molecular flexibility index (Phi) is 4.53. The van der Waals surface area contributed by atoms with Crippen LogP contribution in [0.3, 0.4) is 0 Å². The molecule has 0 saturated carbocycles. The highest BCUT2D eigenvalue weighted by atomic mass is 35.5. The Morgan fingerprint density at radius 2 is 1.85 bits per heavy atom. The van der Waals surface area contributed by atoms with Gasteiger partial charge in [0.15, 0.2) is 11.5 Å².